The summed E-state index contributed by atoms with van der Waals surface area (Å²) in [6, 6.07) is 8.44. The Bertz CT molecular complexity index is 584. The zero-order valence-electron chi connectivity index (χ0n) is 10.7. The Balaban J connectivity index is 2.41. The second-order valence-corrected chi connectivity index (χ2v) is 5.73. The maximum absolute atomic E-state index is 13.3. The number of halogens is 1. The normalized spacial score (nSPS) is 10.9. The van der Waals surface area contributed by atoms with E-state index >= 15 is 0 Å². The second kappa shape index (κ2) is 5.02. The minimum absolute atomic E-state index is 0.00916. The van der Waals surface area contributed by atoms with Crippen LogP contribution in [0.4, 0.5) is 4.39 Å². The monoisotopic (exact) mass is 262 g/mol. The molecular formula is C15H15FOS. The minimum Gasteiger partial charge on any atom is -0.293 e. The highest BCUT2D eigenvalue weighted by Crippen LogP contribution is 2.32. The van der Waals surface area contributed by atoms with E-state index in [1.54, 1.807) is 6.07 Å². The Hall–Kier alpha value is -1.48. The van der Waals surface area contributed by atoms with Crippen molar-refractivity contribution in [1.82, 2.24) is 0 Å². The third-order valence-electron chi connectivity index (χ3n) is 2.84. The molecule has 1 heterocycles. The predicted molar refractivity (Wildman–Crippen MR) is 73.6 cm³/mol. The van der Waals surface area contributed by atoms with Gasteiger partial charge in [0.1, 0.15) is 5.82 Å². The van der Waals surface area contributed by atoms with E-state index in [2.05, 4.69) is 0 Å². The number of ketones is 1. The first-order chi connectivity index (χ1) is 8.49. The van der Waals surface area contributed by atoms with Crippen LogP contribution < -0.4 is 0 Å². The molecule has 0 atom stereocenters. The molecule has 0 amide bonds. The molecule has 18 heavy (non-hydrogen) atoms. The molecule has 94 valence electrons. The minimum atomic E-state index is -0.249. The predicted octanol–water partition coefficient (Wildman–Crippen LogP) is 4.70. The Morgan fingerprint density at radius 3 is 2.61 bits per heavy atom. The molecule has 0 saturated carbocycles. The Morgan fingerprint density at radius 2 is 1.94 bits per heavy atom. The van der Waals surface area contributed by atoms with Crippen molar-refractivity contribution >= 4 is 17.1 Å². The van der Waals surface area contributed by atoms with Gasteiger partial charge in [-0.2, -0.15) is 0 Å². The number of thiophene rings is 1. The fourth-order valence-corrected chi connectivity index (χ4v) is 2.93. The second-order valence-electron chi connectivity index (χ2n) is 4.64. The molecule has 0 unspecified atom stereocenters. The van der Waals surface area contributed by atoms with E-state index in [1.165, 1.54) is 23.5 Å². The summed E-state index contributed by atoms with van der Waals surface area (Å²) < 4.78 is 13.3. The van der Waals surface area contributed by atoms with Crippen LogP contribution in [-0.4, -0.2) is 5.78 Å². The molecule has 3 heteroatoms. The number of Topliss-reactive ketones (excluding diaryl/α,β-unsaturated/α-hetero) is 1. The van der Waals surface area contributed by atoms with Crippen molar-refractivity contribution in [2.24, 2.45) is 5.92 Å². The first-order valence-electron chi connectivity index (χ1n) is 5.89. The van der Waals surface area contributed by atoms with Gasteiger partial charge in [0.25, 0.3) is 0 Å². The van der Waals surface area contributed by atoms with Crippen LogP contribution in [0, 0.1) is 18.7 Å². The van der Waals surface area contributed by atoms with E-state index in [1.807, 2.05) is 32.9 Å². The molecule has 0 aliphatic rings. The quantitative estimate of drug-likeness (QED) is 0.733. The zero-order valence-corrected chi connectivity index (χ0v) is 11.5. The van der Waals surface area contributed by atoms with Crippen molar-refractivity contribution in [3.8, 4) is 10.4 Å². The molecule has 2 aromatic rings. The molecule has 0 spiro atoms. The molecule has 0 saturated heterocycles. The van der Waals surface area contributed by atoms with Gasteiger partial charge < -0.3 is 0 Å². The van der Waals surface area contributed by atoms with Gasteiger partial charge in [-0.05, 0) is 42.3 Å². The van der Waals surface area contributed by atoms with Crippen LogP contribution >= 0.6 is 11.3 Å². The summed E-state index contributed by atoms with van der Waals surface area (Å²) in [6.45, 7) is 5.71. The van der Waals surface area contributed by atoms with Crippen LogP contribution in [0.2, 0.25) is 0 Å². The van der Waals surface area contributed by atoms with E-state index in [4.69, 9.17) is 0 Å². The summed E-state index contributed by atoms with van der Waals surface area (Å²) in [7, 11) is 0. The molecule has 0 aliphatic carbocycles. The standard InChI is InChI=1S/C15H15FOS/c1-9(2)15(17)14-7-6-13(18-14)12-8-11(16)5-4-10(12)3/h4-9H,1-3H3. The van der Waals surface area contributed by atoms with Gasteiger partial charge >= 0.3 is 0 Å². The van der Waals surface area contributed by atoms with Crippen molar-refractivity contribution < 1.29 is 9.18 Å². The molecule has 1 aromatic heterocycles. The first-order valence-corrected chi connectivity index (χ1v) is 6.71. The van der Waals surface area contributed by atoms with E-state index in [9.17, 15) is 9.18 Å². The van der Waals surface area contributed by atoms with Gasteiger partial charge in [-0.1, -0.05) is 19.9 Å². The number of benzene rings is 1. The highest BCUT2D eigenvalue weighted by molar-refractivity contribution is 7.17. The zero-order chi connectivity index (χ0) is 13.3. The van der Waals surface area contributed by atoms with Gasteiger partial charge in [-0.25, -0.2) is 4.39 Å². The van der Waals surface area contributed by atoms with Crippen LogP contribution in [0.25, 0.3) is 10.4 Å². The number of carbonyl (C=O) groups excluding carboxylic acids is 1. The number of carbonyl (C=O) groups is 1. The van der Waals surface area contributed by atoms with E-state index < -0.39 is 0 Å². The average Bonchev–Trinajstić information content (AvgIpc) is 2.80. The van der Waals surface area contributed by atoms with Gasteiger partial charge in [0, 0.05) is 10.8 Å². The molecule has 1 aromatic carbocycles. The highest BCUT2D eigenvalue weighted by atomic mass is 32.1. The number of hydrogen-bond acceptors (Lipinski definition) is 2. The topological polar surface area (TPSA) is 17.1 Å². The fourth-order valence-electron chi connectivity index (χ4n) is 1.76. The van der Waals surface area contributed by atoms with Crippen molar-refractivity contribution in [3.05, 3.63) is 46.6 Å². The van der Waals surface area contributed by atoms with Gasteiger partial charge in [-0.3, -0.25) is 4.79 Å². The lowest BCUT2D eigenvalue weighted by Gasteiger charge is -2.03. The number of aryl methyl sites for hydroxylation is 1. The molecule has 0 N–H and O–H groups in total. The lowest BCUT2D eigenvalue weighted by atomic mass is 10.1. The van der Waals surface area contributed by atoms with Gasteiger partial charge in [0.15, 0.2) is 5.78 Å². The van der Waals surface area contributed by atoms with Crippen molar-refractivity contribution in [3.63, 3.8) is 0 Å². The summed E-state index contributed by atoms with van der Waals surface area (Å²) >= 11 is 1.43. The van der Waals surface area contributed by atoms with Gasteiger partial charge in [0.2, 0.25) is 0 Å². The van der Waals surface area contributed by atoms with Crippen LogP contribution in [-0.2, 0) is 0 Å². The maximum Gasteiger partial charge on any atom is 0.175 e. The third kappa shape index (κ3) is 2.51. The third-order valence-corrected chi connectivity index (χ3v) is 3.97. The summed E-state index contributed by atoms with van der Waals surface area (Å²) in [5.41, 5.74) is 1.88. The van der Waals surface area contributed by atoms with E-state index in [0.29, 0.717) is 0 Å². The molecule has 0 bridgehead atoms. The number of rotatable bonds is 3. The smallest absolute Gasteiger partial charge is 0.175 e. The molecule has 0 aliphatic heterocycles. The Morgan fingerprint density at radius 1 is 1.22 bits per heavy atom. The molecular weight excluding hydrogens is 247 g/mol. The van der Waals surface area contributed by atoms with E-state index in [0.717, 1.165) is 20.9 Å². The van der Waals surface area contributed by atoms with E-state index in [-0.39, 0.29) is 17.5 Å². The molecule has 0 radical (unpaired) electrons. The average molecular weight is 262 g/mol. The first kappa shape index (κ1) is 13.0. The Kier molecular flexibility index (Phi) is 3.62. The lowest BCUT2D eigenvalue weighted by molar-refractivity contribution is 0.0943. The van der Waals surface area contributed by atoms with Gasteiger partial charge in [0.05, 0.1) is 4.88 Å². The van der Waals surface area contributed by atoms with Crippen molar-refractivity contribution in [1.29, 1.82) is 0 Å². The van der Waals surface area contributed by atoms with Crippen LogP contribution in [0.1, 0.15) is 29.1 Å². The fraction of sp³-hybridized carbons (Fsp3) is 0.267. The number of hydrogen-bond donors (Lipinski definition) is 0. The van der Waals surface area contributed by atoms with Crippen LogP contribution in [0.15, 0.2) is 30.3 Å². The largest absolute Gasteiger partial charge is 0.293 e. The maximum atomic E-state index is 13.3. The summed E-state index contributed by atoms with van der Waals surface area (Å²) in [4.78, 5) is 13.6. The molecule has 1 nitrogen and oxygen atoms in total. The summed E-state index contributed by atoms with van der Waals surface area (Å²) in [5, 5.41) is 0. The summed E-state index contributed by atoms with van der Waals surface area (Å²) in [5.74, 6) is -0.119. The summed E-state index contributed by atoms with van der Waals surface area (Å²) in [6.07, 6.45) is 0. The van der Waals surface area contributed by atoms with Crippen molar-refractivity contribution in [2.45, 2.75) is 20.8 Å². The van der Waals surface area contributed by atoms with Crippen LogP contribution in [0.3, 0.4) is 0 Å². The lowest BCUT2D eigenvalue weighted by Crippen LogP contribution is -2.04. The van der Waals surface area contributed by atoms with Gasteiger partial charge in [-0.15, -0.1) is 11.3 Å². The van der Waals surface area contributed by atoms with Crippen molar-refractivity contribution in [2.75, 3.05) is 0 Å². The molecule has 0 fully saturated rings. The van der Waals surface area contributed by atoms with Crippen LogP contribution in [0.5, 0.6) is 0 Å². The SMILES string of the molecule is Cc1ccc(F)cc1-c1ccc(C(=O)C(C)C)s1. The Labute approximate surface area is 110 Å². The molecule has 2 rings (SSSR count). The highest BCUT2D eigenvalue weighted by Gasteiger charge is 2.14.